The molecule has 17 heavy (non-hydrogen) atoms. The molecule has 0 amide bonds. The van der Waals surface area contributed by atoms with Gasteiger partial charge in [0.15, 0.2) is 0 Å². The maximum absolute atomic E-state index is 12.0. The minimum Gasteiger partial charge on any atom is -0.459 e. The van der Waals surface area contributed by atoms with Crippen LogP contribution in [-0.4, -0.2) is 21.9 Å². The molecule has 0 aromatic heterocycles. The molecule has 0 aromatic carbocycles. The van der Waals surface area contributed by atoms with Crippen molar-refractivity contribution in [1.82, 2.24) is 0 Å². The van der Waals surface area contributed by atoms with Crippen molar-refractivity contribution in [1.29, 1.82) is 0 Å². The van der Waals surface area contributed by atoms with Crippen LogP contribution in [-0.2, 0) is 9.53 Å². The highest BCUT2D eigenvalue weighted by Gasteiger charge is 2.56. The molecule has 0 aromatic rings. The van der Waals surface area contributed by atoms with Gasteiger partial charge in [-0.1, -0.05) is 22.6 Å². The molecule has 0 radical (unpaired) electrons. The fourth-order valence-electron chi connectivity index (χ4n) is 3.55. The zero-order valence-electron chi connectivity index (χ0n) is 10.1. The van der Waals surface area contributed by atoms with E-state index >= 15 is 0 Å². The van der Waals surface area contributed by atoms with E-state index in [0.717, 1.165) is 36.5 Å². The van der Waals surface area contributed by atoms with E-state index in [1.807, 2.05) is 0 Å². The van der Waals surface area contributed by atoms with E-state index in [-0.39, 0.29) is 17.5 Å². The predicted octanol–water partition coefficient (Wildman–Crippen LogP) is 3.93. The number of carbonyl (C=O) groups excluding carboxylic acids is 1. The molecule has 1 aliphatic heterocycles. The Morgan fingerprint density at radius 1 is 1.47 bits per heavy atom. The smallest absolute Gasteiger partial charge is 0.309 e. The largest absolute Gasteiger partial charge is 0.459 e. The molecule has 2 fully saturated rings. The average Bonchev–Trinajstić information content (AvgIpc) is 2.81. The summed E-state index contributed by atoms with van der Waals surface area (Å²) < 4.78 is 6.95. The number of fused-ring (bicyclic) bond motifs is 1. The number of carbonyl (C=O) groups is 1. The van der Waals surface area contributed by atoms with Crippen LogP contribution in [0, 0.1) is 11.8 Å². The van der Waals surface area contributed by atoms with Gasteiger partial charge in [-0.2, -0.15) is 0 Å². The lowest BCUT2D eigenvalue weighted by Gasteiger charge is -2.28. The van der Waals surface area contributed by atoms with Gasteiger partial charge in [-0.3, -0.25) is 4.79 Å². The standard InChI is InChI=1S/C13H20ClIO2/c14-8-2-4-10-11-5-1-6-13(11,7-3-9-15)17-12(10)16/h10-11H,1-9H2/t10-,11-,13+/m0/s1. The lowest BCUT2D eigenvalue weighted by Crippen LogP contribution is -2.32. The second kappa shape index (κ2) is 6.09. The van der Waals surface area contributed by atoms with Gasteiger partial charge < -0.3 is 4.74 Å². The van der Waals surface area contributed by atoms with E-state index in [2.05, 4.69) is 22.6 Å². The van der Waals surface area contributed by atoms with Crippen LogP contribution in [0.15, 0.2) is 0 Å². The maximum Gasteiger partial charge on any atom is 0.309 e. The number of halogens is 2. The molecule has 1 heterocycles. The number of esters is 1. The predicted molar refractivity (Wildman–Crippen MR) is 77.7 cm³/mol. The van der Waals surface area contributed by atoms with E-state index < -0.39 is 0 Å². The van der Waals surface area contributed by atoms with Gasteiger partial charge in [0.25, 0.3) is 0 Å². The third-order valence-electron chi connectivity index (χ3n) is 4.27. The number of ether oxygens (including phenoxy) is 1. The first-order valence-corrected chi connectivity index (χ1v) is 8.64. The molecule has 4 heteroatoms. The summed E-state index contributed by atoms with van der Waals surface area (Å²) in [5, 5.41) is 0. The molecule has 0 spiro atoms. The molecule has 0 unspecified atom stereocenters. The molecule has 2 nitrogen and oxygen atoms in total. The van der Waals surface area contributed by atoms with Crippen LogP contribution in [0.4, 0.5) is 0 Å². The van der Waals surface area contributed by atoms with Gasteiger partial charge in [0.2, 0.25) is 0 Å². The van der Waals surface area contributed by atoms with Crippen molar-refractivity contribution in [3.05, 3.63) is 0 Å². The Bertz CT molecular complexity index is 285. The van der Waals surface area contributed by atoms with E-state index in [0.29, 0.717) is 11.8 Å². The van der Waals surface area contributed by atoms with Crippen LogP contribution < -0.4 is 0 Å². The van der Waals surface area contributed by atoms with E-state index in [9.17, 15) is 4.79 Å². The van der Waals surface area contributed by atoms with Crippen molar-refractivity contribution in [3.8, 4) is 0 Å². The minimum absolute atomic E-state index is 0.0493. The lowest BCUT2D eigenvalue weighted by atomic mass is 9.79. The van der Waals surface area contributed by atoms with Crippen molar-refractivity contribution >= 4 is 40.2 Å². The molecule has 2 aliphatic rings. The summed E-state index contributed by atoms with van der Waals surface area (Å²) in [6.07, 6.45) is 7.53. The molecule has 98 valence electrons. The topological polar surface area (TPSA) is 26.3 Å². The zero-order valence-corrected chi connectivity index (χ0v) is 13.0. The van der Waals surface area contributed by atoms with Gasteiger partial charge in [0, 0.05) is 11.8 Å². The molecule has 2 rings (SSSR count). The van der Waals surface area contributed by atoms with Crippen molar-refractivity contribution in [2.24, 2.45) is 11.8 Å². The molecule has 0 N–H and O–H groups in total. The monoisotopic (exact) mass is 370 g/mol. The highest BCUT2D eigenvalue weighted by Crippen LogP contribution is 2.52. The Hall–Kier alpha value is 0.490. The molecule has 1 saturated heterocycles. The molecule has 0 bridgehead atoms. The summed E-state index contributed by atoms with van der Waals surface area (Å²) in [4.78, 5) is 12.0. The minimum atomic E-state index is -0.0980. The molecule has 1 saturated carbocycles. The van der Waals surface area contributed by atoms with Gasteiger partial charge in [0.05, 0.1) is 5.92 Å². The zero-order chi connectivity index (χ0) is 12.3. The Morgan fingerprint density at radius 2 is 2.29 bits per heavy atom. The summed E-state index contributed by atoms with van der Waals surface area (Å²) in [5.74, 6) is 1.30. The SMILES string of the molecule is O=C1O[C@@]2(CCCI)CCC[C@H]2[C@@H]1CCCCl. The lowest BCUT2D eigenvalue weighted by molar-refractivity contribution is -0.151. The van der Waals surface area contributed by atoms with Crippen LogP contribution in [0.2, 0.25) is 0 Å². The third-order valence-corrected chi connectivity index (χ3v) is 5.30. The van der Waals surface area contributed by atoms with Crippen molar-refractivity contribution in [3.63, 3.8) is 0 Å². The number of rotatable bonds is 6. The van der Waals surface area contributed by atoms with E-state index in [4.69, 9.17) is 16.3 Å². The highest BCUT2D eigenvalue weighted by atomic mass is 127. The number of alkyl halides is 2. The van der Waals surface area contributed by atoms with Gasteiger partial charge in [-0.05, 0) is 49.4 Å². The quantitative estimate of drug-likeness (QED) is 0.402. The van der Waals surface area contributed by atoms with Crippen LogP contribution in [0.25, 0.3) is 0 Å². The van der Waals surface area contributed by atoms with E-state index in [1.54, 1.807) is 0 Å². The van der Waals surface area contributed by atoms with Crippen LogP contribution >= 0.6 is 34.2 Å². The first-order valence-electron chi connectivity index (χ1n) is 6.58. The van der Waals surface area contributed by atoms with Crippen molar-refractivity contribution in [2.75, 3.05) is 10.3 Å². The summed E-state index contributed by atoms with van der Waals surface area (Å²) >= 11 is 8.14. The van der Waals surface area contributed by atoms with Crippen LogP contribution in [0.5, 0.6) is 0 Å². The van der Waals surface area contributed by atoms with Gasteiger partial charge in [-0.25, -0.2) is 0 Å². The van der Waals surface area contributed by atoms with Crippen molar-refractivity contribution < 1.29 is 9.53 Å². The fourth-order valence-corrected chi connectivity index (χ4v) is 4.08. The number of hydrogen-bond donors (Lipinski definition) is 0. The Labute approximate surface area is 122 Å². The van der Waals surface area contributed by atoms with Gasteiger partial charge in [0.1, 0.15) is 5.60 Å². The first-order chi connectivity index (χ1) is 8.23. The first kappa shape index (κ1) is 13.9. The van der Waals surface area contributed by atoms with Crippen LogP contribution in [0.1, 0.15) is 44.9 Å². The molecule has 1 aliphatic carbocycles. The third kappa shape index (κ3) is 2.75. The Morgan fingerprint density at radius 3 is 3.00 bits per heavy atom. The molecule has 3 atom stereocenters. The second-order valence-electron chi connectivity index (χ2n) is 5.21. The summed E-state index contributed by atoms with van der Waals surface area (Å²) in [6, 6.07) is 0. The normalized spacial score (nSPS) is 36.0. The van der Waals surface area contributed by atoms with Gasteiger partial charge >= 0.3 is 5.97 Å². The summed E-state index contributed by atoms with van der Waals surface area (Å²) in [5.41, 5.74) is -0.0980. The maximum atomic E-state index is 12.0. The van der Waals surface area contributed by atoms with Crippen LogP contribution in [0.3, 0.4) is 0 Å². The van der Waals surface area contributed by atoms with Gasteiger partial charge in [-0.15, -0.1) is 11.6 Å². The number of hydrogen-bond acceptors (Lipinski definition) is 2. The fraction of sp³-hybridized carbons (Fsp3) is 0.923. The average molecular weight is 371 g/mol. The Kier molecular flexibility index (Phi) is 4.98. The molecular weight excluding hydrogens is 350 g/mol. The molecular formula is C13H20ClIO2. The second-order valence-corrected chi connectivity index (χ2v) is 6.67. The summed E-state index contributed by atoms with van der Waals surface area (Å²) in [7, 11) is 0. The highest BCUT2D eigenvalue weighted by molar-refractivity contribution is 14.1. The van der Waals surface area contributed by atoms with E-state index in [1.165, 1.54) is 12.8 Å². The summed E-state index contributed by atoms with van der Waals surface area (Å²) in [6.45, 7) is 0. The van der Waals surface area contributed by atoms with Crippen molar-refractivity contribution in [2.45, 2.75) is 50.5 Å². The Balaban J connectivity index is 2.05.